The van der Waals surface area contributed by atoms with E-state index in [9.17, 15) is 19.8 Å². The highest BCUT2D eigenvalue weighted by Crippen LogP contribution is 2.36. The number of benzene rings is 2. The number of aromatic amines is 1. The molecule has 2 aliphatic rings. The van der Waals surface area contributed by atoms with E-state index >= 15 is 0 Å². The number of piperidine rings is 1. The first kappa shape index (κ1) is 28.4. The molecule has 4 heterocycles. The highest BCUT2D eigenvalue weighted by Gasteiger charge is 2.41. The van der Waals surface area contributed by atoms with Gasteiger partial charge in [0, 0.05) is 18.8 Å². The summed E-state index contributed by atoms with van der Waals surface area (Å²) in [7, 11) is 3.59. The predicted octanol–water partition coefficient (Wildman–Crippen LogP) is 3.19. The molecule has 12 heteroatoms. The fourth-order valence-electron chi connectivity index (χ4n) is 5.66. The Balaban J connectivity index is 1.19. The van der Waals surface area contributed by atoms with Crippen molar-refractivity contribution < 1.29 is 29.3 Å². The largest absolute Gasteiger partial charge is 0.493 e. The van der Waals surface area contributed by atoms with Crippen molar-refractivity contribution in [2.45, 2.75) is 31.9 Å². The molecule has 0 unspecified atom stereocenters. The van der Waals surface area contributed by atoms with Gasteiger partial charge in [-0.05, 0) is 75.8 Å². The summed E-state index contributed by atoms with van der Waals surface area (Å²) in [4.78, 5) is 42.0. The smallest absolute Gasteiger partial charge is 0.261 e. The molecule has 4 N–H and O–H groups in total. The number of amides is 2. The number of ether oxygens (including phenoxy) is 2. The number of imide groups is 1. The highest BCUT2D eigenvalue weighted by molar-refractivity contribution is 6.23. The van der Waals surface area contributed by atoms with Gasteiger partial charge in [0.2, 0.25) is 5.88 Å². The van der Waals surface area contributed by atoms with Gasteiger partial charge in [0.1, 0.15) is 24.1 Å². The van der Waals surface area contributed by atoms with E-state index in [1.807, 2.05) is 26.1 Å². The number of aliphatic hydroxyl groups excluding tert-OH is 1. The number of hydrogen-bond donors (Lipinski definition) is 4. The van der Waals surface area contributed by atoms with Crippen LogP contribution in [-0.4, -0.2) is 99.3 Å². The van der Waals surface area contributed by atoms with Crippen LogP contribution in [0.3, 0.4) is 0 Å². The van der Waals surface area contributed by atoms with Gasteiger partial charge in [0.25, 0.3) is 11.8 Å². The van der Waals surface area contributed by atoms with Crippen LogP contribution >= 0.6 is 0 Å². The second-order valence-electron chi connectivity index (χ2n) is 11.1. The van der Waals surface area contributed by atoms with Crippen LogP contribution in [0.1, 0.15) is 39.1 Å². The quantitative estimate of drug-likeness (QED) is 0.215. The van der Waals surface area contributed by atoms with E-state index in [2.05, 4.69) is 25.2 Å². The lowest BCUT2D eigenvalue weighted by Crippen LogP contribution is -2.46. The number of anilines is 1. The molecule has 0 radical (unpaired) electrons. The minimum Gasteiger partial charge on any atom is -0.493 e. The second-order valence-corrected chi connectivity index (χ2v) is 11.1. The zero-order valence-corrected chi connectivity index (χ0v) is 24.3. The van der Waals surface area contributed by atoms with Crippen molar-refractivity contribution in [1.82, 2.24) is 24.8 Å². The summed E-state index contributed by atoms with van der Waals surface area (Å²) in [5, 5.41) is 24.4. The molecule has 2 aromatic heterocycles. The number of aromatic nitrogens is 3. The number of pyridine rings is 1. The van der Waals surface area contributed by atoms with Crippen LogP contribution in [-0.2, 0) is 0 Å². The highest BCUT2D eigenvalue weighted by atomic mass is 16.5. The predicted molar refractivity (Wildman–Crippen MR) is 160 cm³/mol. The number of aromatic hydroxyl groups is 1. The molecule has 1 atom stereocenters. The lowest BCUT2D eigenvalue weighted by molar-refractivity contribution is 0.0516. The van der Waals surface area contributed by atoms with Crippen LogP contribution in [0, 0.1) is 6.92 Å². The maximum atomic E-state index is 13.3. The summed E-state index contributed by atoms with van der Waals surface area (Å²) < 4.78 is 11.1. The summed E-state index contributed by atoms with van der Waals surface area (Å²) in [6.07, 6.45) is 2.05. The molecule has 0 aliphatic carbocycles. The number of methoxy groups -OCH3 is 1. The van der Waals surface area contributed by atoms with Crippen molar-refractivity contribution in [3.63, 3.8) is 0 Å². The Kier molecular flexibility index (Phi) is 7.63. The second kappa shape index (κ2) is 11.5. The molecule has 12 nitrogen and oxygen atoms in total. The first-order chi connectivity index (χ1) is 20.7. The van der Waals surface area contributed by atoms with Crippen molar-refractivity contribution in [2.75, 3.05) is 45.7 Å². The number of fused-ring (bicyclic) bond motifs is 2. The van der Waals surface area contributed by atoms with E-state index in [0.29, 0.717) is 45.2 Å². The van der Waals surface area contributed by atoms with E-state index in [4.69, 9.17) is 9.47 Å². The van der Waals surface area contributed by atoms with Gasteiger partial charge >= 0.3 is 0 Å². The average Bonchev–Trinajstić information content (AvgIpc) is 3.51. The van der Waals surface area contributed by atoms with Crippen molar-refractivity contribution in [2.24, 2.45) is 0 Å². The Hall–Kier alpha value is -4.68. The summed E-state index contributed by atoms with van der Waals surface area (Å²) in [5.74, 6) is 0.539. The molecule has 0 spiro atoms. The Morgan fingerprint density at radius 3 is 2.58 bits per heavy atom. The van der Waals surface area contributed by atoms with E-state index in [1.54, 1.807) is 31.4 Å². The molecule has 2 amide bonds. The van der Waals surface area contributed by atoms with Gasteiger partial charge in [0.05, 0.1) is 35.0 Å². The molecule has 0 bridgehead atoms. The molecule has 2 aliphatic heterocycles. The van der Waals surface area contributed by atoms with Gasteiger partial charge in [-0.15, -0.1) is 0 Å². The molecule has 224 valence electrons. The molecular weight excluding hydrogens is 552 g/mol. The maximum Gasteiger partial charge on any atom is 0.261 e. The van der Waals surface area contributed by atoms with Gasteiger partial charge in [0.15, 0.2) is 11.5 Å². The Bertz CT molecular complexity index is 1640. The van der Waals surface area contributed by atoms with Gasteiger partial charge < -0.3 is 34.9 Å². The Morgan fingerprint density at radius 2 is 1.84 bits per heavy atom. The maximum absolute atomic E-state index is 13.3. The lowest BCUT2D eigenvalue weighted by atomic mass is 10.0. The van der Waals surface area contributed by atoms with E-state index in [1.165, 1.54) is 11.1 Å². The van der Waals surface area contributed by atoms with Crippen LogP contribution in [0.5, 0.6) is 17.4 Å². The number of aliphatic hydroxyl groups is 1. The van der Waals surface area contributed by atoms with E-state index in [0.717, 1.165) is 31.5 Å². The first-order valence-electron chi connectivity index (χ1n) is 14.2. The van der Waals surface area contributed by atoms with E-state index < -0.39 is 6.10 Å². The summed E-state index contributed by atoms with van der Waals surface area (Å²) in [6.45, 7) is 3.73. The molecule has 1 fully saturated rings. The number of nitrogens with one attached hydrogen (secondary N) is 2. The van der Waals surface area contributed by atoms with Gasteiger partial charge in [-0.2, -0.15) is 0 Å². The minimum absolute atomic E-state index is 0.00560. The molecule has 4 aromatic rings. The third-order valence-electron chi connectivity index (χ3n) is 8.02. The van der Waals surface area contributed by atoms with Gasteiger partial charge in [-0.25, -0.2) is 9.97 Å². The monoisotopic (exact) mass is 586 g/mol. The van der Waals surface area contributed by atoms with Crippen LogP contribution in [0.2, 0.25) is 0 Å². The number of imidazole rings is 1. The average molecular weight is 587 g/mol. The normalized spacial score (nSPS) is 16.5. The first-order valence-corrected chi connectivity index (χ1v) is 14.2. The molecule has 6 rings (SSSR count). The van der Waals surface area contributed by atoms with E-state index in [-0.39, 0.29) is 42.5 Å². The number of carbonyl (C=O) groups is 2. The zero-order chi connectivity index (χ0) is 30.2. The topological polar surface area (TPSA) is 153 Å². The van der Waals surface area contributed by atoms with Crippen molar-refractivity contribution in [3.05, 3.63) is 59.3 Å². The zero-order valence-electron chi connectivity index (χ0n) is 24.3. The number of nitrogens with zero attached hydrogens (tertiary/aromatic N) is 4. The minimum atomic E-state index is -0.891. The lowest BCUT2D eigenvalue weighted by Gasteiger charge is -2.33. The number of aryl methyl sites for hydroxylation is 1. The number of hydrogen-bond acceptors (Lipinski definition) is 10. The summed E-state index contributed by atoms with van der Waals surface area (Å²) >= 11 is 0. The third-order valence-corrected chi connectivity index (χ3v) is 8.02. The van der Waals surface area contributed by atoms with Crippen LogP contribution in [0.4, 0.5) is 5.69 Å². The number of H-pyrrole nitrogens is 1. The number of rotatable bonds is 9. The summed E-state index contributed by atoms with van der Waals surface area (Å²) in [5.41, 5.74) is 3.50. The fraction of sp³-hybridized carbons (Fsp3) is 0.355. The van der Waals surface area contributed by atoms with Crippen LogP contribution in [0.25, 0.3) is 22.4 Å². The fourth-order valence-corrected chi connectivity index (χ4v) is 5.66. The van der Waals surface area contributed by atoms with Crippen LogP contribution < -0.4 is 14.8 Å². The molecule has 1 saturated heterocycles. The molecule has 2 aromatic carbocycles. The van der Waals surface area contributed by atoms with Crippen molar-refractivity contribution in [3.8, 4) is 28.8 Å². The summed E-state index contributed by atoms with van der Waals surface area (Å²) in [6, 6.07) is 10.4. The third kappa shape index (κ3) is 5.46. The van der Waals surface area contributed by atoms with Crippen molar-refractivity contribution >= 4 is 28.5 Å². The molecule has 43 heavy (non-hydrogen) atoms. The molecular formula is C31H34N6O6. The Labute approximate surface area is 248 Å². The van der Waals surface area contributed by atoms with Crippen molar-refractivity contribution in [1.29, 1.82) is 0 Å². The number of likely N-dealkylation sites (tertiary alicyclic amines) is 1. The SMILES string of the molecule is COc1cc(C)ccc1OC[C@H](O)CNc1ccnc(O)c1-c1nc2cc3c(cc2[nH]1)C(=O)N(C1CCN(C)CC1)C3=O. The Morgan fingerprint density at radius 1 is 1.09 bits per heavy atom. The molecule has 0 saturated carbocycles. The van der Waals surface area contributed by atoms with Gasteiger partial charge in [-0.3, -0.25) is 14.5 Å². The number of carbonyl (C=O) groups excluding carboxylic acids is 2. The van der Waals surface area contributed by atoms with Crippen LogP contribution in [0.15, 0.2) is 42.6 Å². The van der Waals surface area contributed by atoms with Gasteiger partial charge in [-0.1, -0.05) is 6.07 Å². The standard InChI is InChI=1S/C31H34N6O6/c1-17-4-5-25(26(12-17)42-3)43-16-19(38)15-33-22-6-9-32-29(39)27(22)28-34-23-13-20-21(14-24(23)35-28)31(41)37(30(20)40)18-7-10-36(2)11-8-18/h4-6,9,12-14,18-19,38H,7-8,10-11,15-16H2,1-3H3,(H,34,35)(H2,32,33,39)/t19-/m1/s1.